The number of ether oxygens (including phenoxy) is 1. The lowest BCUT2D eigenvalue weighted by atomic mass is 9.94. The number of aromatic nitrogens is 2. The zero-order chi connectivity index (χ0) is 18.6. The van der Waals surface area contributed by atoms with Crippen LogP contribution in [0.4, 0.5) is 0 Å². The molecule has 0 spiro atoms. The number of methoxy groups -OCH3 is 1. The fourth-order valence-corrected chi connectivity index (χ4v) is 4.39. The Morgan fingerprint density at radius 1 is 1.19 bits per heavy atom. The molecule has 1 aromatic carbocycles. The molecule has 2 bridgehead atoms. The molecule has 2 atom stereocenters. The second-order valence-electron chi connectivity index (χ2n) is 7.70. The Hall–Kier alpha value is -2.34. The number of piperidine rings is 1. The number of rotatable bonds is 6. The first kappa shape index (κ1) is 18.0. The van der Waals surface area contributed by atoms with Gasteiger partial charge in [-0.15, -0.1) is 0 Å². The van der Waals surface area contributed by atoms with Crippen molar-refractivity contribution in [1.82, 2.24) is 19.6 Å². The lowest BCUT2D eigenvalue weighted by Gasteiger charge is -2.36. The molecule has 3 aliphatic rings. The first-order valence-corrected chi connectivity index (χ1v) is 9.83. The summed E-state index contributed by atoms with van der Waals surface area (Å²) in [5.41, 5.74) is 1.30. The summed E-state index contributed by atoms with van der Waals surface area (Å²) in [5, 5.41) is 4.20. The highest BCUT2D eigenvalue weighted by atomic mass is 16.5. The van der Waals surface area contributed by atoms with E-state index in [1.165, 1.54) is 12.0 Å². The Kier molecular flexibility index (Phi) is 5.43. The molecule has 5 rings (SSSR count). The molecule has 27 heavy (non-hydrogen) atoms. The molecule has 144 valence electrons. The number of fused-ring (bicyclic) bond motifs is 4. The van der Waals surface area contributed by atoms with E-state index in [0.29, 0.717) is 24.9 Å². The maximum atomic E-state index is 12.8. The molecule has 0 unspecified atom stereocenters. The van der Waals surface area contributed by atoms with Crippen molar-refractivity contribution in [3.05, 3.63) is 48.3 Å². The zero-order valence-corrected chi connectivity index (χ0v) is 16.0. The van der Waals surface area contributed by atoms with E-state index in [1.807, 2.05) is 29.1 Å². The van der Waals surface area contributed by atoms with Crippen LogP contribution >= 0.6 is 0 Å². The molecule has 1 aromatic heterocycles. The van der Waals surface area contributed by atoms with Crippen LogP contribution in [0.15, 0.2) is 42.7 Å². The van der Waals surface area contributed by atoms with Crippen LogP contribution in [0.1, 0.15) is 24.8 Å². The van der Waals surface area contributed by atoms with E-state index in [-0.39, 0.29) is 5.91 Å². The number of amides is 1. The first-order valence-electron chi connectivity index (χ1n) is 9.83. The topological polar surface area (TPSA) is 50.6 Å². The van der Waals surface area contributed by atoms with Crippen molar-refractivity contribution >= 4 is 5.91 Å². The van der Waals surface area contributed by atoms with Crippen molar-refractivity contribution in [3.63, 3.8) is 0 Å². The molecular formula is C21H28N4O2. The summed E-state index contributed by atoms with van der Waals surface area (Å²) in [4.78, 5) is 17.5. The summed E-state index contributed by atoms with van der Waals surface area (Å²) in [6.45, 7) is 4.55. The number of hydrogen-bond donors (Lipinski definition) is 0. The molecule has 1 amide bonds. The Balaban J connectivity index is 1.36. The lowest BCUT2D eigenvalue weighted by Crippen LogP contribution is -2.47. The van der Waals surface area contributed by atoms with Crippen molar-refractivity contribution in [1.29, 1.82) is 0 Å². The number of carbonyl (C=O) groups excluding carboxylic acids is 1. The summed E-state index contributed by atoms with van der Waals surface area (Å²) in [5.74, 6) is 1.74. The minimum Gasteiger partial charge on any atom is -0.497 e. The van der Waals surface area contributed by atoms with Gasteiger partial charge in [-0.1, -0.05) is 12.1 Å². The van der Waals surface area contributed by atoms with Crippen LogP contribution in [-0.2, 0) is 17.9 Å². The largest absolute Gasteiger partial charge is 0.497 e. The van der Waals surface area contributed by atoms with Crippen molar-refractivity contribution in [2.75, 3.05) is 26.7 Å². The summed E-state index contributed by atoms with van der Waals surface area (Å²) >= 11 is 0. The Morgan fingerprint density at radius 3 is 2.78 bits per heavy atom. The standard InChI is InChI=1S/C21H28N4O2/c1-27-20-7-4-17(5-8-20)13-23-14-18-3-6-19(16-23)25(15-18)21(26)9-12-24-11-2-10-22-24/h2,4-5,7-8,10-11,18-19H,3,6,9,12-16H2,1H3/t18-,19+/m0/s1. The average molecular weight is 368 g/mol. The van der Waals surface area contributed by atoms with Crippen LogP contribution in [0.5, 0.6) is 5.75 Å². The van der Waals surface area contributed by atoms with Crippen LogP contribution in [-0.4, -0.2) is 58.3 Å². The van der Waals surface area contributed by atoms with Crippen molar-refractivity contribution in [3.8, 4) is 5.75 Å². The first-order chi connectivity index (χ1) is 13.2. The van der Waals surface area contributed by atoms with E-state index in [2.05, 4.69) is 27.0 Å². The van der Waals surface area contributed by atoms with Crippen LogP contribution in [0, 0.1) is 5.92 Å². The van der Waals surface area contributed by atoms with E-state index in [4.69, 9.17) is 4.74 Å². The van der Waals surface area contributed by atoms with Gasteiger partial charge < -0.3 is 9.64 Å². The number of nitrogens with zero attached hydrogens (tertiary/aromatic N) is 4. The number of carbonyl (C=O) groups is 1. The molecule has 4 heterocycles. The number of aryl methyl sites for hydroxylation is 1. The molecule has 6 nitrogen and oxygen atoms in total. The van der Waals surface area contributed by atoms with E-state index in [0.717, 1.165) is 38.3 Å². The van der Waals surface area contributed by atoms with Crippen molar-refractivity contribution in [2.24, 2.45) is 5.92 Å². The minimum absolute atomic E-state index is 0.270. The maximum absolute atomic E-state index is 12.8. The van der Waals surface area contributed by atoms with Crippen molar-refractivity contribution < 1.29 is 9.53 Å². The lowest BCUT2D eigenvalue weighted by molar-refractivity contribution is -0.135. The van der Waals surface area contributed by atoms with Gasteiger partial charge in [-0.05, 0) is 42.5 Å². The van der Waals surface area contributed by atoms with E-state index in [1.54, 1.807) is 13.3 Å². The highest BCUT2D eigenvalue weighted by Gasteiger charge is 2.36. The highest BCUT2D eigenvalue weighted by Crippen LogP contribution is 2.29. The highest BCUT2D eigenvalue weighted by molar-refractivity contribution is 5.76. The molecule has 0 radical (unpaired) electrons. The quantitative estimate of drug-likeness (QED) is 0.786. The predicted octanol–water partition coefficient (Wildman–Crippen LogP) is 2.40. The second-order valence-corrected chi connectivity index (χ2v) is 7.70. The fourth-order valence-electron chi connectivity index (χ4n) is 4.39. The van der Waals surface area contributed by atoms with Gasteiger partial charge in [-0.3, -0.25) is 14.4 Å². The number of benzene rings is 1. The minimum atomic E-state index is 0.270. The molecule has 2 aromatic rings. The van der Waals surface area contributed by atoms with E-state index >= 15 is 0 Å². The van der Waals surface area contributed by atoms with Gasteiger partial charge in [-0.25, -0.2) is 0 Å². The molecule has 0 aliphatic carbocycles. The van der Waals surface area contributed by atoms with Gasteiger partial charge in [0, 0.05) is 57.6 Å². The average Bonchev–Trinajstić information content (AvgIpc) is 3.07. The van der Waals surface area contributed by atoms with Crippen LogP contribution in [0.2, 0.25) is 0 Å². The van der Waals surface area contributed by atoms with Crippen LogP contribution in [0.25, 0.3) is 0 Å². The molecular weight excluding hydrogens is 340 g/mol. The van der Waals surface area contributed by atoms with Gasteiger partial charge in [0.05, 0.1) is 7.11 Å². The maximum Gasteiger partial charge on any atom is 0.224 e. The van der Waals surface area contributed by atoms with Gasteiger partial charge in [0.2, 0.25) is 5.91 Å². The second kappa shape index (κ2) is 8.13. The van der Waals surface area contributed by atoms with E-state index < -0.39 is 0 Å². The molecule has 0 N–H and O–H groups in total. The van der Waals surface area contributed by atoms with Crippen LogP contribution < -0.4 is 4.74 Å². The molecule has 3 aliphatic heterocycles. The van der Waals surface area contributed by atoms with Gasteiger partial charge in [-0.2, -0.15) is 5.10 Å². The SMILES string of the molecule is COc1ccc(CN2C[C@@H]3CC[C@H](C2)N(C(=O)CCn2cccn2)C3)cc1. The van der Waals surface area contributed by atoms with Crippen LogP contribution in [0.3, 0.4) is 0 Å². The third-order valence-corrected chi connectivity index (χ3v) is 5.79. The zero-order valence-electron chi connectivity index (χ0n) is 16.0. The Morgan fingerprint density at radius 2 is 2.04 bits per heavy atom. The van der Waals surface area contributed by atoms with E-state index in [9.17, 15) is 4.79 Å². The summed E-state index contributed by atoms with van der Waals surface area (Å²) in [7, 11) is 1.69. The predicted molar refractivity (Wildman–Crippen MR) is 103 cm³/mol. The number of hydrogen-bond acceptors (Lipinski definition) is 4. The van der Waals surface area contributed by atoms with Gasteiger partial charge in [0.15, 0.2) is 0 Å². The van der Waals surface area contributed by atoms with Gasteiger partial charge in [0.25, 0.3) is 0 Å². The molecule has 3 saturated heterocycles. The molecule has 3 fully saturated rings. The fraction of sp³-hybridized carbons (Fsp3) is 0.524. The van der Waals surface area contributed by atoms with Gasteiger partial charge in [0.1, 0.15) is 5.75 Å². The summed E-state index contributed by atoms with van der Waals surface area (Å²) in [6.07, 6.45) is 6.56. The third-order valence-electron chi connectivity index (χ3n) is 5.79. The molecule has 6 heteroatoms. The summed E-state index contributed by atoms with van der Waals surface area (Å²) < 4.78 is 7.09. The smallest absolute Gasteiger partial charge is 0.224 e. The monoisotopic (exact) mass is 368 g/mol. The normalized spacial score (nSPS) is 22.6. The Bertz CT molecular complexity index is 744. The third kappa shape index (κ3) is 4.33. The molecule has 0 saturated carbocycles. The summed E-state index contributed by atoms with van der Waals surface area (Å²) in [6, 6.07) is 10.6. The van der Waals surface area contributed by atoms with Crippen molar-refractivity contribution in [2.45, 2.75) is 38.4 Å². The van der Waals surface area contributed by atoms with Gasteiger partial charge >= 0.3 is 0 Å². The Labute approximate surface area is 160 Å².